The van der Waals surface area contributed by atoms with Gasteiger partial charge in [-0.05, 0) is 19.9 Å². The summed E-state index contributed by atoms with van der Waals surface area (Å²) < 4.78 is 5.18. The maximum atomic E-state index is 10.7. The number of rotatable bonds is 2. The van der Waals surface area contributed by atoms with Crippen LogP contribution in [-0.4, -0.2) is 17.7 Å². The minimum atomic E-state index is -0.574. The van der Waals surface area contributed by atoms with Crippen LogP contribution in [0.1, 0.15) is 20.3 Å². The summed E-state index contributed by atoms with van der Waals surface area (Å²) in [5, 5.41) is 0. The lowest BCUT2D eigenvalue weighted by molar-refractivity contribution is -0.130. The molecule has 0 radical (unpaired) electrons. The Labute approximate surface area is 65.0 Å². The van der Waals surface area contributed by atoms with Crippen LogP contribution in [0.2, 0.25) is 0 Å². The van der Waals surface area contributed by atoms with Crippen molar-refractivity contribution < 1.29 is 14.3 Å². The maximum absolute atomic E-state index is 10.7. The van der Waals surface area contributed by atoms with Gasteiger partial charge in [0.05, 0.1) is 0 Å². The molecule has 1 aliphatic rings. The molecular weight excluding hydrogens is 144 g/mol. The zero-order valence-corrected chi connectivity index (χ0v) is 6.59. The number of carbonyl (C=O) groups is 2. The molecule has 1 heterocycles. The summed E-state index contributed by atoms with van der Waals surface area (Å²) in [4.78, 5) is 20.8. The van der Waals surface area contributed by atoms with E-state index in [-0.39, 0.29) is 17.6 Å². The van der Waals surface area contributed by atoms with Gasteiger partial charge in [-0.25, -0.2) is 0 Å². The van der Waals surface area contributed by atoms with E-state index in [1.807, 2.05) is 13.8 Å². The average Bonchev–Trinajstić information content (AvgIpc) is 2.29. The number of carbonyl (C=O) groups excluding carboxylic acids is 2. The maximum Gasteiger partial charge on any atom is 0.259 e. The van der Waals surface area contributed by atoms with Gasteiger partial charge < -0.3 is 4.74 Å². The molecule has 0 saturated carbocycles. The first-order valence-corrected chi connectivity index (χ1v) is 3.44. The van der Waals surface area contributed by atoms with Crippen molar-refractivity contribution in [2.24, 2.45) is 0 Å². The Hall–Kier alpha value is -1.12. The van der Waals surface area contributed by atoms with Crippen LogP contribution >= 0.6 is 0 Å². The molecule has 0 spiro atoms. The van der Waals surface area contributed by atoms with Gasteiger partial charge in [-0.3, -0.25) is 9.59 Å². The number of hydrogen-bond donors (Lipinski definition) is 0. The van der Waals surface area contributed by atoms with Gasteiger partial charge in [0.1, 0.15) is 5.60 Å². The van der Waals surface area contributed by atoms with Crippen molar-refractivity contribution in [1.82, 2.24) is 0 Å². The van der Waals surface area contributed by atoms with Crippen LogP contribution < -0.4 is 0 Å². The molecule has 3 nitrogen and oxygen atoms in total. The highest BCUT2D eigenvalue weighted by molar-refractivity contribution is 6.32. The topological polar surface area (TPSA) is 43.4 Å². The highest BCUT2D eigenvalue weighted by atomic mass is 16.5. The lowest BCUT2D eigenvalue weighted by Gasteiger charge is -2.18. The largest absolute Gasteiger partial charge is 0.484 e. The van der Waals surface area contributed by atoms with Gasteiger partial charge in [0, 0.05) is 6.42 Å². The van der Waals surface area contributed by atoms with Gasteiger partial charge in [-0.2, -0.15) is 0 Å². The second-order valence-corrected chi connectivity index (χ2v) is 3.12. The first-order chi connectivity index (χ1) is 5.05. The fourth-order valence-corrected chi connectivity index (χ4v) is 0.928. The number of allylic oxidation sites excluding steroid dienone is 1. The molecule has 0 aromatic rings. The molecule has 60 valence electrons. The molecular formula is C8H10O3. The summed E-state index contributed by atoms with van der Waals surface area (Å²) in [6, 6.07) is 0. The quantitative estimate of drug-likeness (QED) is 0.437. The zero-order valence-electron chi connectivity index (χ0n) is 6.59. The molecule has 0 aliphatic carbocycles. The predicted molar refractivity (Wildman–Crippen MR) is 38.9 cm³/mol. The molecule has 0 atom stereocenters. The summed E-state index contributed by atoms with van der Waals surface area (Å²) in [6.45, 7) is 3.74. The number of hydrogen-bond acceptors (Lipinski definition) is 3. The van der Waals surface area contributed by atoms with Crippen molar-refractivity contribution in [3.63, 3.8) is 0 Å². The van der Waals surface area contributed by atoms with Gasteiger partial charge in [-0.1, -0.05) is 0 Å². The minimum absolute atomic E-state index is 0.185. The van der Waals surface area contributed by atoms with Gasteiger partial charge in [-0.15, -0.1) is 0 Å². The van der Waals surface area contributed by atoms with Crippen molar-refractivity contribution in [3.05, 3.63) is 11.8 Å². The van der Waals surface area contributed by atoms with Crippen LogP contribution in [0.15, 0.2) is 11.8 Å². The lowest BCUT2D eigenvalue weighted by Crippen LogP contribution is -2.19. The van der Waals surface area contributed by atoms with Gasteiger partial charge in [0.2, 0.25) is 0 Å². The second-order valence-electron chi connectivity index (χ2n) is 3.12. The van der Waals surface area contributed by atoms with Crippen molar-refractivity contribution in [1.29, 1.82) is 0 Å². The van der Waals surface area contributed by atoms with Crippen molar-refractivity contribution in [2.75, 3.05) is 0 Å². The minimum Gasteiger partial charge on any atom is -0.484 e. The molecule has 0 N–H and O–H groups in total. The van der Waals surface area contributed by atoms with Crippen LogP contribution in [0.3, 0.4) is 0 Å². The highest BCUT2D eigenvalue weighted by Crippen LogP contribution is 2.26. The van der Waals surface area contributed by atoms with E-state index in [1.54, 1.807) is 6.08 Å². The summed E-state index contributed by atoms with van der Waals surface area (Å²) >= 11 is 0. The monoisotopic (exact) mass is 154 g/mol. The molecule has 0 amide bonds. The first-order valence-electron chi connectivity index (χ1n) is 3.44. The van der Waals surface area contributed by atoms with Crippen molar-refractivity contribution in [2.45, 2.75) is 25.9 Å². The lowest BCUT2D eigenvalue weighted by atomic mass is 10.1. The molecule has 1 aliphatic heterocycles. The molecule has 0 unspecified atom stereocenters. The molecule has 0 fully saturated rings. The van der Waals surface area contributed by atoms with Crippen LogP contribution in [0.5, 0.6) is 0 Å². The van der Waals surface area contributed by atoms with Crippen molar-refractivity contribution >= 4 is 12.1 Å². The standard InChI is InChI=1S/C8H10O3/c1-8(2)4-3-7(11-8)6(10)5-9/h3,5H,4H2,1-2H3. The number of aldehydes is 1. The zero-order chi connectivity index (χ0) is 8.48. The van der Waals surface area contributed by atoms with Gasteiger partial charge in [0.15, 0.2) is 12.0 Å². The Kier molecular flexibility index (Phi) is 1.81. The number of ketones is 1. The van der Waals surface area contributed by atoms with E-state index in [0.717, 1.165) is 0 Å². The Morgan fingerprint density at radius 3 is 2.73 bits per heavy atom. The Morgan fingerprint density at radius 2 is 2.36 bits per heavy atom. The SMILES string of the molecule is CC1(C)CC=C(C(=O)C=O)O1. The third kappa shape index (κ3) is 1.67. The van der Waals surface area contributed by atoms with E-state index in [0.29, 0.717) is 6.42 Å². The van der Waals surface area contributed by atoms with E-state index in [9.17, 15) is 9.59 Å². The molecule has 0 aromatic carbocycles. The second kappa shape index (κ2) is 2.49. The Balaban J connectivity index is 2.67. The van der Waals surface area contributed by atoms with E-state index in [1.165, 1.54) is 0 Å². The average molecular weight is 154 g/mol. The summed E-state index contributed by atoms with van der Waals surface area (Å²) in [5.74, 6) is -0.388. The molecule has 0 bridgehead atoms. The van der Waals surface area contributed by atoms with Crippen LogP contribution in [-0.2, 0) is 14.3 Å². The van der Waals surface area contributed by atoms with E-state index in [4.69, 9.17) is 4.74 Å². The molecule has 1 rings (SSSR count). The third-order valence-corrected chi connectivity index (χ3v) is 1.52. The van der Waals surface area contributed by atoms with Gasteiger partial charge >= 0.3 is 0 Å². The Bertz CT molecular complexity index is 225. The van der Waals surface area contributed by atoms with Crippen LogP contribution in [0.25, 0.3) is 0 Å². The summed E-state index contributed by atoms with van der Waals surface area (Å²) in [7, 11) is 0. The number of ether oxygens (including phenoxy) is 1. The third-order valence-electron chi connectivity index (χ3n) is 1.52. The predicted octanol–water partition coefficient (Wildman–Crippen LogP) is 0.837. The molecule has 11 heavy (non-hydrogen) atoms. The van der Waals surface area contributed by atoms with Crippen LogP contribution in [0, 0.1) is 0 Å². The summed E-state index contributed by atoms with van der Waals surface area (Å²) in [6.07, 6.45) is 2.60. The highest BCUT2D eigenvalue weighted by Gasteiger charge is 2.28. The first kappa shape index (κ1) is 7.98. The van der Waals surface area contributed by atoms with Gasteiger partial charge in [0.25, 0.3) is 5.78 Å². The normalized spacial score (nSPS) is 20.4. The molecule has 0 aromatic heterocycles. The molecule has 3 heteroatoms. The fourth-order valence-electron chi connectivity index (χ4n) is 0.928. The van der Waals surface area contributed by atoms with Crippen molar-refractivity contribution in [3.8, 4) is 0 Å². The number of Topliss-reactive ketones (excluding diaryl/α,β-unsaturated/α-hetero) is 1. The van der Waals surface area contributed by atoms with E-state index < -0.39 is 5.78 Å². The van der Waals surface area contributed by atoms with E-state index >= 15 is 0 Å². The smallest absolute Gasteiger partial charge is 0.259 e. The van der Waals surface area contributed by atoms with Crippen LogP contribution in [0.4, 0.5) is 0 Å². The molecule has 0 saturated heterocycles. The summed E-state index contributed by atoms with van der Waals surface area (Å²) in [5.41, 5.74) is -0.325. The van der Waals surface area contributed by atoms with E-state index in [2.05, 4.69) is 0 Å². The Morgan fingerprint density at radius 1 is 1.73 bits per heavy atom. The fraction of sp³-hybridized carbons (Fsp3) is 0.500.